The molecule has 8 heteroatoms. The van der Waals surface area contributed by atoms with E-state index in [1.165, 1.54) is 23.5 Å². The number of nitrogens with two attached hydrogens (primary N) is 1. The van der Waals surface area contributed by atoms with Gasteiger partial charge in [0.15, 0.2) is 0 Å². The van der Waals surface area contributed by atoms with Crippen LogP contribution >= 0.6 is 11.3 Å². The number of ether oxygens (including phenoxy) is 2. The summed E-state index contributed by atoms with van der Waals surface area (Å²) in [6.45, 7) is 4.01. The van der Waals surface area contributed by atoms with Crippen molar-refractivity contribution in [3.05, 3.63) is 70.2 Å². The van der Waals surface area contributed by atoms with E-state index >= 15 is 0 Å². The van der Waals surface area contributed by atoms with Gasteiger partial charge in [-0.25, -0.2) is 4.39 Å². The number of primary amides is 1. The van der Waals surface area contributed by atoms with Crippen molar-refractivity contribution in [3.8, 4) is 22.6 Å². The van der Waals surface area contributed by atoms with Crippen LogP contribution in [0.25, 0.3) is 11.1 Å². The predicted molar refractivity (Wildman–Crippen MR) is 126 cm³/mol. The molecule has 0 spiro atoms. The zero-order valence-electron chi connectivity index (χ0n) is 18.4. The van der Waals surface area contributed by atoms with Gasteiger partial charge in [0.25, 0.3) is 5.91 Å². The molecule has 1 fully saturated rings. The Morgan fingerprint density at radius 3 is 2.79 bits per heavy atom. The first-order valence-electron chi connectivity index (χ1n) is 10.8. The highest BCUT2D eigenvalue weighted by molar-refractivity contribution is 7.12. The molecule has 2 unspecified atom stereocenters. The first kappa shape index (κ1) is 23.2. The molecule has 2 atom stereocenters. The molecule has 2 heterocycles. The number of hydrogen-bond acceptors (Lipinski definition) is 6. The molecule has 1 amide bonds. The Kier molecular flexibility index (Phi) is 7.27. The van der Waals surface area contributed by atoms with Gasteiger partial charge in [-0.3, -0.25) is 9.69 Å². The molecule has 0 bridgehead atoms. The third-order valence-electron chi connectivity index (χ3n) is 5.56. The van der Waals surface area contributed by atoms with Gasteiger partial charge in [0.2, 0.25) is 0 Å². The molecular weight excluding hydrogens is 443 g/mol. The van der Waals surface area contributed by atoms with E-state index in [-0.39, 0.29) is 18.5 Å². The lowest BCUT2D eigenvalue weighted by atomic mass is 10.0. The summed E-state index contributed by atoms with van der Waals surface area (Å²) in [7, 11) is 0. The number of aliphatic hydroxyl groups is 1. The predicted octanol–water partition coefficient (Wildman–Crippen LogP) is 3.85. The van der Waals surface area contributed by atoms with Gasteiger partial charge in [-0.15, -0.1) is 11.3 Å². The van der Waals surface area contributed by atoms with Crippen molar-refractivity contribution in [1.82, 2.24) is 4.90 Å². The number of aliphatic hydroxyl groups excluding tert-OH is 1. The highest BCUT2D eigenvalue weighted by Crippen LogP contribution is 2.35. The summed E-state index contributed by atoms with van der Waals surface area (Å²) in [6, 6.07) is 13.6. The SMILES string of the molecule is Cc1ccc(-c2ccsc2C(N)=O)c(OCC(O)CN2CCC(Oc3ccc(F)cc3)C2)c1. The number of halogens is 1. The number of nitrogens with zero attached hydrogens (tertiary/aromatic N) is 1. The number of rotatable bonds is 9. The molecule has 4 rings (SSSR count). The van der Waals surface area contributed by atoms with Gasteiger partial charge < -0.3 is 20.3 Å². The van der Waals surface area contributed by atoms with Crippen molar-refractivity contribution in [2.75, 3.05) is 26.2 Å². The first-order chi connectivity index (χ1) is 15.9. The van der Waals surface area contributed by atoms with Crippen molar-refractivity contribution in [1.29, 1.82) is 0 Å². The van der Waals surface area contributed by atoms with E-state index in [9.17, 15) is 14.3 Å². The molecule has 174 valence electrons. The molecule has 3 N–H and O–H groups in total. The molecule has 6 nitrogen and oxygen atoms in total. The van der Waals surface area contributed by atoms with Crippen LogP contribution in [0, 0.1) is 12.7 Å². The van der Waals surface area contributed by atoms with Gasteiger partial charge >= 0.3 is 0 Å². The van der Waals surface area contributed by atoms with Crippen LogP contribution in [0.2, 0.25) is 0 Å². The van der Waals surface area contributed by atoms with Crippen molar-refractivity contribution in [2.24, 2.45) is 5.73 Å². The fraction of sp³-hybridized carbons (Fsp3) is 0.320. The smallest absolute Gasteiger partial charge is 0.259 e. The van der Waals surface area contributed by atoms with Crippen LogP contribution in [-0.2, 0) is 0 Å². The third-order valence-corrected chi connectivity index (χ3v) is 6.49. The quantitative estimate of drug-likeness (QED) is 0.496. The monoisotopic (exact) mass is 470 g/mol. The molecule has 0 aliphatic carbocycles. The van der Waals surface area contributed by atoms with Gasteiger partial charge in [-0.05, 0) is 60.7 Å². The number of β-amino-alcohol motifs (C(OH)–C–C–N with tert-alkyl or cyclic N) is 1. The Bertz CT molecular complexity index is 1100. The zero-order chi connectivity index (χ0) is 23.4. The summed E-state index contributed by atoms with van der Waals surface area (Å²) < 4.78 is 25.0. The highest BCUT2D eigenvalue weighted by Gasteiger charge is 2.26. The lowest BCUT2D eigenvalue weighted by Crippen LogP contribution is -2.35. The second kappa shape index (κ2) is 10.3. The Balaban J connectivity index is 1.33. The van der Waals surface area contributed by atoms with E-state index in [0.29, 0.717) is 29.5 Å². The molecule has 1 aliphatic rings. The number of benzene rings is 2. The fourth-order valence-electron chi connectivity index (χ4n) is 3.99. The number of thiophene rings is 1. The number of carbonyl (C=O) groups excluding carboxylic acids is 1. The molecule has 2 aromatic carbocycles. The largest absolute Gasteiger partial charge is 0.490 e. The fourth-order valence-corrected chi connectivity index (χ4v) is 4.75. The van der Waals surface area contributed by atoms with Gasteiger partial charge in [-0.2, -0.15) is 0 Å². The van der Waals surface area contributed by atoms with Gasteiger partial charge in [-0.1, -0.05) is 12.1 Å². The Morgan fingerprint density at radius 2 is 2.03 bits per heavy atom. The standard InChI is InChI=1S/C25H27FN2O4S/c1-16-2-7-21(22-9-11-33-24(22)25(27)30)23(12-16)31-15-18(29)13-28-10-8-20(14-28)32-19-5-3-17(26)4-6-19/h2-7,9,11-12,18,20,29H,8,10,13-15H2,1H3,(H2,27,30). The van der Waals surface area contributed by atoms with Crippen LogP contribution in [-0.4, -0.2) is 54.4 Å². The van der Waals surface area contributed by atoms with E-state index in [0.717, 1.165) is 29.7 Å². The molecule has 1 saturated heterocycles. The van der Waals surface area contributed by atoms with E-state index in [1.807, 2.05) is 36.6 Å². The minimum atomic E-state index is -0.694. The Labute approximate surface area is 196 Å². The lowest BCUT2D eigenvalue weighted by Gasteiger charge is -2.21. The number of carbonyl (C=O) groups is 1. The average Bonchev–Trinajstić information content (AvgIpc) is 3.44. The minimum Gasteiger partial charge on any atom is -0.490 e. The maximum atomic E-state index is 13.1. The zero-order valence-corrected chi connectivity index (χ0v) is 19.2. The topological polar surface area (TPSA) is 85.0 Å². The maximum Gasteiger partial charge on any atom is 0.259 e. The van der Waals surface area contributed by atoms with Gasteiger partial charge in [0.05, 0.1) is 4.88 Å². The van der Waals surface area contributed by atoms with Gasteiger partial charge in [0, 0.05) is 30.8 Å². The number of hydrogen-bond donors (Lipinski definition) is 2. The maximum absolute atomic E-state index is 13.1. The summed E-state index contributed by atoms with van der Waals surface area (Å²) in [6.07, 6.45) is 0.139. The number of amides is 1. The summed E-state index contributed by atoms with van der Waals surface area (Å²) in [5.41, 5.74) is 8.04. The molecular formula is C25H27FN2O4S. The van der Waals surface area contributed by atoms with Crippen molar-refractivity contribution < 1.29 is 23.8 Å². The molecule has 3 aromatic rings. The van der Waals surface area contributed by atoms with Crippen LogP contribution in [0.3, 0.4) is 0 Å². The van der Waals surface area contributed by atoms with E-state index in [4.69, 9.17) is 15.2 Å². The Hall–Kier alpha value is -2.94. The minimum absolute atomic E-state index is 0.00207. The van der Waals surface area contributed by atoms with E-state index < -0.39 is 12.0 Å². The van der Waals surface area contributed by atoms with Gasteiger partial charge in [0.1, 0.15) is 36.1 Å². The molecule has 33 heavy (non-hydrogen) atoms. The molecule has 0 radical (unpaired) electrons. The summed E-state index contributed by atoms with van der Waals surface area (Å²) in [5.74, 6) is 0.481. The third kappa shape index (κ3) is 5.90. The first-order valence-corrected chi connectivity index (χ1v) is 11.7. The average molecular weight is 471 g/mol. The number of aryl methyl sites for hydroxylation is 1. The van der Waals surface area contributed by atoms with Crippen molar-refractivity contribution >= 4 is 17.2 Å². The van der Waals surface area contributed by atoms with Crippen LogP contribution in [0.1, 0.15) is 21.7 Å². The van der Waals surface area contributed by atoms with Crippen LogP contribution < -0.4 is 15.2 Å². The van der Waals surface area contributed by atoms with Crippen molar-refractivity contribution in [3.63, 3.8) is 0 Å². The second-order valence-electron chi connectivity index (χ2n) is 8.23. The molecule has 0 saturated carbocycles. The highest BCUT2D eigenvalue weighted by atomic mass is 32.1. The van der Waals surface area contributed by atoms with Crippen LogP contribution in [0.15, 0.2) is 53.9 Å². The van der Waals surface area contributed by atoms with Crippen molar-refractivity contribution in [2.45, 2.75) is 25.6 Å². The summed E-state index contributed by atoms with van der Waals surface area (Å²) in [5, 5.41) is 12.4. The van der Waals surface area contributed by atoms with E-state index in [1.54, 1.807) is 12.1 Å². The Morgan fingerprint density at radius 1 is 1.24 bits per heavy atom. The normalized spacial score (nSPS) is 17.1. The number of likely N-dealkylation sites (tertiary alicyclic amines) is 1. The summed E-state index contributed by atoms with van der Waals surface area (Å²) in [4.78, 5) is 14.4. The van der Waals surface area contributed by atoms with Crippen LogP contribution in [0.4, 0.5) is 4.39 Å². The lowest BCUT2D eigenvalue weighted by molar-refractivity contribution is 0.0722. The second-order valence-corrected chi connectivity index (χ2v) is 9.15. The van der Waals surface area contributed by atoms with Crippen LogP contribution in [0.5, 0.6) is 11.5 Å². The van der Waals surface area contributed by atoms with E-state index in [2.05, 4.69) is 4.90 Å². The summed E-state index contributed by atoms with van der Waals surface area (Å²) >= 11 is 1.30. The molecule has 1 aromatic heterocycles. The molecule has 1 aliphatic heterocycles.